The van der Waals surface area contributed by atoms with Gasteiger partial charge in [-0.1, -0.05) is 73.5 Å². The maximum absolute atomic E-state index is 2.40. The van der Waals surface area contributed by atoms with Gasteiger partial charge in [0, 0.05) is 0 Å². The molecule has 2 aromatic carbocycles. The van der Waals surface area contributed by atoms with Gasteiger partial charge in [0.2, 0.25) is 0 Å². The predicted molar refractivity (Wildman–Crippen MR) is 83.1 cm³/mol. The lowest BCUT2D eigenvalue weighted by Gasteiger charge is -2.10. The second kappa shape index (κ2) is 4.70. The van der Waals surface area contributed by atoms with E-state index in [4.69, 9.17) is 0 Å². The van der Waals surface area contributed by atoms with Crippen LogP contribution in [-0.4, -0.2) is 0 Å². The summed E-state index contributed by atoms with van der Waals surface area (Å²) >= 11 is 0. The van der Waals surface area contributed by atoms with E-state index < -0.39 is 0 Å². The van der Waals surface area contributed by atoms with Gasteiger partial charge in [0.15, 0.2) is 0 Å². The average Bonchev–Trinajstić information content (AvgIpc) is 2.82. The third-order valence-corrected chi connectivity index (χ3v) is 3.96. The number of allylic oxidation sites excluding steroid dienone is 1. The van der Waals surface area contributed by atoms with Crippen molar-refractivity contribution < 1.29 is 0 Å². The Bertz CT molecular complexity index is 631. The van der Waals surface area contributed by atoms with Crippen molar-refractivity contribution >= 4 is 6.08 Å². The van der Waals surface area contributed by atoms with Crippen LogP contribution >= 0.6 is 0 Å². The average molecular weight is 248 g/mol. The van der Waals surface area contributed by atoms with Crippen LogP contribution in [-0.2, 0) is 6.42 Å². The summed E-state index contributed by atoms with van der Waals surface area (Å²) in [6.45, 7) is 6.76. The Morgan fingerprint density at radius 3 is 2.42 bits per heavy atom. The summed E-state index contributed by atoms with van der Waals surface area (Å²) in [5.41, 5.74) is 8.53. The number of fused-ring (bicyclic) bond motifs is 1. The molecule has 0 unspecified atom stereocenters. The second-order valence-electron chi connectivity index (χ2n) is 5.80. The number of benzene rings is 2. The molecular formula is C19H20. The van der Waals surface area contributed by atoms with Gasteiger partial charge in [-0.25, -0.2) is 0 Å². The largest absolute Gasteiger partial charge is 0.0626 e. The predicted octanol–water partition coefficient (Wildman–Crippen LogP) is 5.26. The lowest BCUT2D eigenvalue weighted by atomic mass is 9.95. The Hall–Kier alpha value is -1.82. The summed E-state index contributed by atoms with van der Waals surface area (Å²) in [5.74, 6) is 0.635. The van der Waals surface area contributed by atoms with E-state index in [-0.39, 0.29) is 0 Å². The monoisotopic (exact) mass is 248 g/mol. The molecule has 2 aromatic rings. The molecule has 0 nitrogen and oxygen atoms in total. The molecule has 0 bridgehead atoms. The molecule has 3 rings (SSSR count). The number of rotatable bonds is 2. The van der Waals surface area contributed by atoms with E-state index in [0.29, 0.717) is 5.92 Å². The number of hydrogen-bond donors (Lipinski definition) is 0. The standard InChI is InChI=1S/C19H20/c1-13(2)16-11-17-9-14(3)10-18(19(17)12-16)15-7-5-4-6-8-15/h4-10,12-13H,11H2,1-3H3. The first-order valence-electron chi connectivity index (χ1n) is 7.04. The highest BCUT2D eigenvalue weighted by Crippen LogP contribution is 2.37. The van der Waals surface area contributed by atoms with Crippen molar-refractivity contribution in [1.82, 2.24) is 0 Å². The van der Waals surface area contributed by atoms with Crippen molar-refractivity contribution in [3.05, 3.63) is 64.7 Å². The third kappa shape index (κ3) is 2.23. The summed E-state index contributed by atoms with van der Waals surface area (Å²) in [6.07, 6.45) is 3.52. The van der Waals surface area contributed by atoms with Gasteiger partial charge >= 0.3 is 0 Å². The van der Waals surface area contributed by atoms with Gasteiger partial charge in [0.25, 0.3) is 0 Å². The molecule has 0 heteroatoms. The fourth-order valence-corrected chi connectivity index (χ4v) is 2.87. The molecule has 0 aromatic heterocycles. The Balaban J connectivity index is 2.17. The van der Waals surface area contributed by atoms with E-state index in [2.05, 4.69) is 69.3 Å². The molecule has 0 amide bonds. The molecule has 0 aliphatic heterocycles. The van der Waals surface area contributed by atoms with E-state index in [0.717, 1.165) is 6.42 Å². The zero-order chi connectivity index (χ0) is 13.4. The highest BCUT2D eigenvalue weighted by atomic mass is 14.2. The Kier molecular flexibility index (Phi) is 3.02. The van der Waals surface area contributed by atoms with Crippen molar-refractivity contribution in [3.8, 4) is 11.1 Å². The van der Waals surface area contributed by atoms with E-state index in [1.165, 1.54) is 27.8 Å². The van der Waals surface area contributed by atoms with Gasteiger partial charge in [-0.3, -0.25) is 0 Å². The first-order chi connectivity index (χ1) is 9.15. The van der Waals surface area contributed by atoms with Gasteiger partial charge in [-0.05, 0) is 41.5 Å². The highest BCUT2D eigenvalue weighted by molar-refractivity contribution is 5.81. The Morgan fingerprint density at radius 1 is 1.00 bits per heavy atom. The maximum atomic E-state index is 2.40. The summed E-state index contributed by atoms with van der Waals surface area (Å²) in [5, 5.41) is 0. The van der Waals surface area contributed by atoms with E-state index >= 15 is 0 Å². The fraction of sp³-hybridized carbons (Fsp3) is 0.263. The minimum absolute atomic E-state index is 0.635. The van der Waals surface area contributed by atoms with Crippen LogP contribution in [0, 0.1) is 12.8 Å². The summed E-state index contributed by atoms with van der Waals surface area (Å²) in [7, 11) is 0. The lowest BCUT2D eigenvalue weighted by Crippen LogP contribution is -1.93. The van der Waals surface area contributed by atoms with Crippen molar-refractivity contribution in [3.63, 3.8) is 0 Å². The molecular weight excluding hydrogens is 228 g/mol. The third-order valence-electron chi connectivity index (χ3n) is 3.96. The molecule has 0 saturated carbocycles. The molecule has 0 N–H and O–H groups in total. The first-order valence-corrected chi connectivity index (χ1v) is 7.04. The van der Waals surface area contributed by atoms with Crippen molar-refractivity contribution in [2.75, 3.05) is 0 Å². The highest BCUT2D eigenvalue weighted by Gasteiger charge is 2.18. The Labute approximate surface area is 115 Å². The molecule has 0 heterocycles. The summed E-state index contributed by atoms with van der Waals surface area (Å²) in [6, 6.07) is 15.4. The summed E-state index contributed by atoms with van der Waals surface area (Å²) in [4.78, 5) is 0. The van der Waals surface area contributed by atoms with Gasteiger partial charge in [-0.2, -0.15) is 0 Å². The zero-order valence-corrected chi connectivity index (χ0v) is 11.9. The summed E-state index contributed by atoms with van der Waals surface area (Å²) < 4.78 is 0. The molecule has 0 saturated heterocycles. The van der Waals surface area contributed by atoms with Crippen LogP contribution < -0.4 is 0 Å². The molecule has 0 spiro atoms. The topological polar surface area (TPSA) is 0 Å². The lowest BCUT2D eigenvalue weighted by molar-refractivity contribution is 0.754. The molecule has 0 radical (unpaired) electrons. The smallest absolute Gasteiger partial charge is 0.00549 e. The fourth-order valence-electron chi connectivity index (χ4n) is 2.87. The van der Waals surface area contributed by atoms with Crippen LogP contribution in [0.4, 0.5) is 0 Å². The van der Waals surface area contributed by atoms with Crippen LogP contribution in [0.15, 0.2) is 48.0 Å². The minimum Gasteiger partial charge on any atom is -0.0626 e. The molecule has 1 aliphatic rings. The molecule has 96 valence electrons. The second-order valence-corrected chi connectivity index (χ2v) is 5.80. The van der Waals surface area contributed by atoms with Gasteiger partial charge in [0.1, 0.15) is 0 Å². The van der Waals surface area contributed by atoms with Crippen LogP contribution in [0.2, 0.25) is 0 Å². The number of aryl methyl sites for hydroxylation is 1. The van der Waals surface area contributed by atoms with E-state index in [1.807, 2.05) is 0 Å². The number of hydrogen-bond acceptors (Lipinski definition) is 0. The van der Waals surface area contributed by atoms with Gasteiger partial charge in [-0.15, -0.1) is 0 Å². The Morgan fingerprint density at radius 2 is 1.74 bits per heavy atom. The maximum Gasteiger partial charge on any atom is -0.00549 e. The van der Waals surface area contributed by atoms with Crippen molar-refractivity contribution in [1.29, 1.82) is 0 Å². The van der Waals surface area contributed by atoms with Crippen LogP contribution in [0.25, 0.3) is 17.2 Å². The van der Waals surface area contributed by atoms with E-state index in [1.54, 1.807) is 5.57 Å². The molecule has 1 aliphatic carbocycles. The van der Waals surface area contributed by atoms with E-state index in [9.17, 15) is 0 Å². The van der Waals surface area contributed by atoms with Crippen molar-refractivity contribution in [2.45, 2.75) is 27.2 Å². The SMILES string of the molecule is Cc1cc2c(c(-c3ccccc3)c1)C=C(C(C)C)C2. The van der Waals surface area contributed by atoms with Gasteiger partial charge in [0.05, 0.1) is 0 Å². The molecule has 0 atom stereocenters. The first kappa shape index (κ1) is 12.2. The van der Waals surface area contributed by atoms with Crippen LogP contribution in [0.1, 0.15) is 30.5 Å². The van der Waals surface area contributed by atoms with Crippen LogP contribution in [0.5, 0.6) is 0 Å². The van der Waals surface area contributed by atoms with Crippen LogP contribution in [0.3, 0.4) is 0 Å². The minimum atomic E-state index is 0.635. The quantitative estimate of drug-likeness (QED) is 0.680. The molecule has 19 heavy (non-hydrogen) atoms. The zero-order valence-electron chi connectivity index (χ0n) is 11.9. The molecule has 0 fully saturated rings. The normalized spacial score (nSPS) is 13.6. The van der Waals surface area contributed by atoms with Crippen molar-refractivity contribution in [2.24, 2.45) is 5.92 Å². The van der Waals surface area contributed by atoms with Gasteiger partial charge < -0.3 is 0 Å².